The Morgan fingerprint density at radius 1 is 1.19 bits per heavy atom. The van der Waals surface area contributed by atoms with Crippen LogP contribution in [-0.2, 0) is 0 Å². The van der Waals surface area contributed by atoms with E-state index in [9.17, 15) is 14.4 Å². The number of fused-ring (bicyclic) bond motifs is 1. The van der Waals surface area contributed by atoms with Crippen molar-refractivity contribution in [3.05, 3.63) is 50.1 Å². The Labute approximate surface area is 132 Å². The van der Waals surface area contributed by atoms with Crippen LogP contribution in [0.1, 0.15) is 30.4 Å². The van der Waals surface area contributed by atoms with Crippen LogP contribution in [0.15, 0.2) is 34.1 Å². The average Bonchev–Trinajstić information content (AvgIpc) is 2.98. The number of imide groups is 1. The molecule has 0 spiro atoms. The molecule has 21 heavy (non-hydrogen) atoms. The molecule has 5 nitrogen and oxygen atoms in total. The van der Waals surface area contributed by atoms with Gasteiger partial charge >= 0.3 is 0 Å². The van der Waals surface area contributed by atoms with Gasteiger partial charge in [0.2, 0.25) is 0 Å². The van der Waals surface area contributed by atoms with Crippen LogP contribution < -0.4 is 5.32 Å². The fraction of sp³-hybridized carbons (Fsp3) is 0.0714. The Bertz CT molecular complexity index is 784. The van der Waals surface area contributed by atoms with Crippen molar-refractivity contribution in [3.63, 3.8) is 0 Å². The summed E-state index contributed by atoms with van der Waals surface area (Å²) in [6.45, 7) is 0. The Morgan fingerprint density at radius 2 is 1.90 bits per heavy atom. The molecule has 0 atom stereocenters. The first-order valence-corrected chi connectivity index (χ1v) is 7.67. The molecule has 2 aromatic rings. The number of carbonyl (C=O) groups is 3. The van der Waals surface area contributed by atoms with Gasteiger partial charge in [-0.05, 0) is 45.6 Å². The van der Waals surface area contributed by atoms with E-state index in [0.717, 1.165) is 9.37 Å². The smallest absolute Gasteiger partial charge is 0.266 e. The number of benzene rings is 1. The van der Waals surface area contributed by atoms with Crippen LogP contribution in [0.5, 0.6) is 0 Å². The van der Waals surface area contributed by atoms with Crippen molar-refractivity contribution in [1.29, 1.82) is 0 Å². The number of nitrogens with zero attached hydrogens (tertiary/aromatic N) is 1. The number of anilines is 1. The molecule has 0 bridgehead atoms. The van der Waals surface area contributed by atoms with Crippen molar-refractivity contribution >= 4 is 50.7 Å². The minimum atomic E-state index is -0.358. The van der Waals surface area contributed by atoms with E-state index in [1.54, 1.807) is 23.6 Å². The van der Waals surface area contributed by atoms with Gasteiger partial charge in [0.25, 0.3) is 17.7 Å². The first-order valence-electron chi connectivity index (χ1n) is 6.00. The van der Waals surface area contributed by atoms with E-state index in [0.29, 0.717) is 21.7 Å². The Balaban J connectivity index is 1.89. The summed E-state index contributed by atoms with van der Waals surface area (Å²) in [5.41, 5.74) is 1.15. The second kappa shape index (κ2) is 5.09. The van der Waals surface area contributed by atoms with E-state index in [-0.39, 0.29) is 17.7 Å². The molecule has 7 heteroatoms. The van der Waals surface area contributed by atoms with Crippen LogP contribution >= 0.6 is 27.3 Å². The summed E-state index contributed by atoms with van der Waals surface area (Å²) in [5, 5.41) is 4.53. The van der Waals surface area contributed by atoms with Gasteiger partial charge in [-0.3, -0.25) is 19.3 Å². The zero-order valence-corrected chi connectivity index (χ0v) is 13.2. The SMILES string of the molecule is CN1C(=O)c2ccc(NC(=O)c3sccc3Br)cc2C1=O. The lowest BCUT2D eigenvalue weighted by atomic mass is 10.1. The third-order valence-electron chi connectivity index (χ3n) is 3.17. The number of amides is 3. The van der Waals surface area contributed by atoms with E-state index in [4.69, 9.17) is 0 Å². The monoisotopic (exact) mass is 364 g/mol. The fourth-order valence-corrected chi connectivity index (χ4v) is 3.53. The summed E-state index contributed by atoms with van der Waals surface area (Å²) in [6, 6.07) is 6.48. The van der Waals surface area contributed by atoms with Gasteiger partial charge in [0, 0.05) is 17.2 Å². The molecule has 3 rings (SSSR count). The van der Waals surface area contributed by atoms with Crippen molar-refractivity contribution in [2.24, 2.45) is 0 Å². The van der Waals surface area contributed by atoms with Crippen LogP contribution in [0.3, 0.4) is 0 Å². The first-order chi connectivity index (χ1) is 9.99. The average molecular weight is 365 g/mol. The second-order valence-electron chi connectivity index (χ2n) is 4.48. The number of rotatable bonds is 2. The van der Waals surface area contributed by atoms with Gasteiger partial charge in [-0.2, -0.15) is 0 Å². The maximum atomic E-state index is 12.1. The van der Waals surface area contributed by atoms with Gasteiger partial charge in [-0.15, -0.1) is 11.3 Å². The molecule has 1 aliphatic heterocycles. The lowest BCUT2D eigenvalue weighted by Crippen LogP contribution is -2.24. The predicted molar refractivity (Wildman–Crippen MR) is 82.8 cm³/mol. The summed E-state index contributed by atoms with van der Waals surface area (Å²) in [6.07, 6.45) is 0. The van der Waals surface area contributed by atoms with Gasteiger partial charge in [-0.25, -0.2) is 0 Å². The minimum absolute atomic E-state index is 0.262. The molecule has 0 saturated carbocycles. The quantitative estimate of drug-likeness (QED) is 0.833. The third-order valence-corrected chi connectivity index (χ3v) is 5.01. The topological polar surface area (TPSA) is 66.5 Å². The molecule has 1 aromatic carbocycles. The van der Waals surface area contributed by atoms with Crippen molar-refractivity contribution in [3.8, 4) is 0 Å². The number of halogens is 1. The first kappa shape index (κ1) is 14.0. The van der Waals surface area contributed by atoms with Crippen molar-refractivity contribution < 1.29 is 14.4 Å². The number of hydrogen-bond donors (Lipinski definition) is 1. The van der Waals surface area contributed by atoms with E-state index < -0.39 is 0 Å². The molecule has 3 amide bonds. The largest absolute Gasteiger partial charge is 0.321 e. The normalized spacial score (nSPS) is 13.5. The highest BCUT2D eigenvalue weighted by Crippen LogP contribution is 2.27. The molecular weight excluding hydrogens is 356 g/mol. The summed E-state index contributed by atoms with van der Waals surface area (Å²) in [4.78, 5) is 37.4. The van der Waals surface area contributed by atoms with Gasteiger partial charge in [0.05, 0.1) is 11.1 Å². The molecule has 106 valence electrons. The number of thiophene rings is 1. The van der Waals surface area contributed by atoms with Crippen molar-refractivity contribution in [2.75, 3.05) is 12.4 Å². The highest BCUT2D eigenvalue weighted by molar-refractivity contribution is 9.10. The summed E-state index contributed by atoms with van der Waals surface area (Å²) in [5.74, 6) is -0.945. The molecular formula is C14H9BrN2O3S. The molecule has 1 aromatic heterocycles. The summed E-state index contributed by atoms with van der Waals surface area (Å²) >= 11 is 4.61. The van der Waals surface area contributed by atoms with E-state index in [1.807, 2.05) is 0 Å². The highest BCUT2D eigenvalue weighted by Gasteiger charge is 2.32. The molecule has 1 N–H and O–H groups in total. The molecule has 0 unspecified atom stereocenters. The zero-order valence-electron chi connectivity index (χ0n) is 10.8. The van der Waals surface area contributed by atoms with Crippen LogP contribution in [-0.4, -0.2) is 29.7 Å². The standard InChI is InChI=1S/C14H9BrN2O3S/c1-17-13(19)8-3-2-7(6-9(8)14(17)20)16-12(18)11-10(15)4-5-21-11/h2-6H,1H3,(H,16,18). The van der Waals surface area contributed by atoms with E-state index >= 15 is 0 Å². The lowest BCUT2D eigenvalue weighted by Gasteiger charge is -2.05. The van der Waals surface area contributed by atoms with E-state index in [2.05, 4.69) is 21.2 Å². The number of hydrogen-bond acceptors (Lipinski definition) is 4. The van der Waals surface area contributed by atoms with Crippen molar-refractivity contribution in [1.82, 2.24) is 4.90 Å². The van der Waals surface area contributed by atoms with Crippen LogP contribution in [0.25, 0.3) is 0 Å². The van der Waals surface area contributed by atoms with Gasteiger partial charge in [0.1, 0.15) is 4.88 Å². The van der Waals surface area contributed by atoms with Gasteiger partial charge in [0.15, 0.2) is 0 Å². The van der Waals surface area contributed by atoms with E-state index in [1.165, 1.54) is 24.5 Å². The zero-order chi connectivity index (χ0) is 15.1. The summed E-state index contributed by atoms with van der Waals surface area (Å²) < 4.78 is 0.720. The Kier molecular flexibility index (Phi) is 3.38. The highest BCUT2D eigenvalue weighted by atomic mass is 79.9. The molecule has 1 aliphatic rings. The molecule has 0 radical (unpaired) electrons. The molecule has 0 saturated heterocycles. The Hall–Kier alpha value is -1.99. The van der Waals surface area contributed by atoms with Crippen LogP contribution in [0.2, 0.25) is 0 Å². The van der Waals surface area contributed by atoms with Crippen molar-refractivity contribution in [2.45, 2.75) is 0 Å². The lowest BCUT2D eigenvalue weighted by molar-refractivity contribution is 0.0692. The molecule has 0 fully saturated rings. The molecule has 2 heterocycles. The minimum Gasteiger partial charge on any atom is -0.321 e. The second-order valence-corrected chi connectivity index (χ2v) is 6.25. The fourth-order valence-electron chi connectivity index (χ4n) is 2.08. The van der Waals surface area contributed by atoms with Gasteiger partial charge < -0.3 is 5.32 Å². The Morgan fingerprint density at radius 3 is 2.57 bits per heavy atom. The number of carbonyl (C=O) groups excluding carboxylic acids is 3. The summed E-state index contributed by atoms with van der Waals surface area (Å²) in [7, 11) is 1.44. The van der Waals surface area contributed by atoms with Crippen LogP contribution in [0, 0.1) is 0 Å². The third kappa shape index (κ3) is 2.28. The maximum Gasteiger partial charge on any atom is 0.266 e. The molecule has 0 aliphatic carbocycles. The van der Waals surface area contributed by atoms with Crippen LogP contribution in [0.4, 0.5) is 5.69 Å². The predicted octanol–water partition coefficient (Wildman–Crippen LogP) is 2.99. The van der Waals surface area contributed by atoms with Gasteiger partial charge in [-0.1, -0.05) is 0 Å². The maximum absolute atomic E-state index is 12.1. The number of nitrogens with one attached hydrogen (secondary N) is 1.